The van der Waals surface area contributed by atoms with Crippen molar-refractivity contribution in [1.29, 1.82) is 0 Å². The summed E-state index contributed by atoms with van der Waals surface area (Å²) in [4.78, 5) is 67.7. The van der Waals surface area contributed by atoms with Gasteiger partial charge in [-0.25, -0.2) is 0 Å². The maximum absolute atomic E-state index is 14.1. The van der Waals surface area contributed by atoms with E-state index in [4.69, 9.17) is 5.73 Å². The minimum atomic E-state index is -2.77. The van der Waals surface area contributed by atoms with Gasteiger partial charge in [-0.3, -0.25) is 19.2 Å². The molecule has 4 rings (SSSR count). The van der Waals surface area contributed by atoms with Gasteiger partial charge in [-0.1, -0.05) is 0 Å². The minimum Gasteiger partial charge on any atom is -0.508 e. The number of Topliss-reactive ketones (excluding diaryl/α,β-unsaturated/α-hetero) is 2. The summed E-state index contributed by atoms with van der Waals surface area (Å²) >= 11 is 0. The molecule has 0 spiro atoms. The first-order valence-electron chi connectivity index (χ1n) is 13.8. The maximum Gasteiger partial charge on any atom is 0.254 e. The fraction of sp³-hybridized carbons (Fsp3) is 0.517. The maximum atomic E-state index is 14.1. The fourth-order valence-corrected chi connectivity index (χ4v) is 6.43. The Balaban J connectivity index is 1.89. The Morgan fingerprint density at radius 2 is 1.79 bits per heavy atom. The molecule has 0 saturated heterocycles. The standard InChI is InChI=1S/C29H38N6O8/c1-28(2,3)31-11-17(36)32-15-10-16(34(4)5)13-8-12-9-14-22(35(6)7)21(33-43)20(27(30)41)26(40)29(14,42)25(39)18(12)24(38)19(13)23(15)37/h10,12,14,22,31,37,39,42H,8-9,11H2,1-7H3,(H2,30,41)(H,32,36)/t12-,14-,22-,29-/m0/s1. The van der Waals surface area contributed by atoms with Crippen LogP contribution in [-0.4, -0.2) is 95.5 Å². The van der Waals surface area contributed by atoms with E-state index in [1.165, 1.54) is 4.90 Å². The molecule has 0 fully saturated rings. The highest BCUT2D eigenvalue weighted by Crippen LogP contribution is 2.54. The van der Waals surface area contributed by atoms with E-state index in [0.29, 0.717) is 11.3 Å². The number of nitrogens with zero attached hydrogens (tertiary/aromatic N) is 3. The summed E-state index contributed by atoms with van der Waals surface area (Å²) in [7, 11) is 6.56. The smallest absolute Gasteiger partial charge is 0.254 e. The number of nitrogens with one attached hydrogen (secondary N) is 2. The van der Waals surface area contributed by atoms with Crippen molar-refractivity contribution in [2.75, 3.05) is 45.0 Å². The molecule has 232 valence electrons. The van der Waals surface area contributed by atoms with E-state index in [1.54, 1.807) is 39.2 Å². The van der Waals surface area contributed by atoms with Crippen molar-refractivity contribution in [2.45, 2.75) is 50.8 Å². The average molecular weight is 599 g/mol. The van der Waals surface area contributed by atoms with Crippen LogP contribution in [0.15, 0.2) is 33.8 Å². The molecule has 0 bridgehead atoms. The van der Waals surface area contributed by atoms with E-state index in [1.807, 2.05) is 20.8 Å². The Labute approximate surface area is 248 Å². The Kier molecular flexibility index (Phi) is 8.02. The van der Waals surface area contributed by atoms with Crippen molar-refractivity contribution in [3.05, 3.63) is 44.7 Å². The monoisotopic (exact) mass is 598 g/mol. The van der Waals surface area contributed by atoms with Crippen LogP contribution in [0.4, 0.5) is 11.4 Å². The van der Waals surface area contributed by atoms with Crippen molar-refractivity contribution in [2.24, 2.45) is 22.7 Å². The number of amides is 2. The predicted octanol–water partition coefficient (Wildman–Crippen LogP) is 0.722. The number of aromatic hydroxyl groups is 1. The van der Waals surface area contributed by atoms with Crippen LogP contribution in [0.1, 0.15) is 43.1 Å². The number of allylic oxidation sites excluding steroid dienone is 1. The van der Waals surface area contributed by atoms with E-state index in [2.05, 4.69) is 15.8 Å². The van der Waals surface area contributed by atoms with Crippen LogP contribution in [0.3, 0.4) is 0 Å². The van der Waals surface area contributed by atoms with Gasteiger partial charge < -0.3 is 41.5 Å². The molecule has 0 aromatic heterocycles. The molecular formula is C29H38N6O8. The van der Waals surface area contributed by atoms with Crippen LogP contribution in [-0.2, 0) is 20.8 Å². The van der Waals surface area contributed by atoms with E-state index >= 15 is 0 Å². The van der Waals surface area contributed by atoms with E-state index in [-0.39, 0.29) is 41.7 Å². The molecule has 3 aliphatic rings. The molecule has 43 heavy (non-hydrogen) atoms. The number of nitroso groups, excluding NO2 is 1. The van der Waals surface area contributed by atoms with Crippen LogP contribution in [0.5, 0.6) is 5.75 Å². The van der Waals surface area contributed by atoms with Crippen molar-refractivity contribution in [3.8, 4) is 5.75 Å². The molecule has 2 amide bonds. The third kappa shape index (κ3) is 5.08. The number of aliphatic hydroxyl groups is 2. The highest BCUT2D eigenvalue weighted by molar-refractivity contribution is 6.25. The highest BCUT2D eigenvalue weighted by atomic mass is 16.3. The number of ketones is 2. The number of carbonyl (C=O) groups is 4. The van der Waals surface area contributed by atoms with Gasteiger partial charge in [0.25, 0.3) is 5.91 Å². The minimum absolute atomic E-state index is 0.0375. The first-order chi connectivity index (χ1) is 19.9. The lowest BCUT2D eigenvalue weighted by molar-refractivity contribution is -0.146. The van der Waals surface area contributed by atoms with Crippen LogP contribution in [0.25, 0.3) is 0 Å². The third-order valence-corrected chi connectivity index (χ3v) is 8.33. The van der Waals surface area contributed by atoms with Gasteiger partial charge in [0, 0.05) is 36.8 Å². The molecular weight excluding hydrogens is 560 g/mol. The summed E-state index contributed by atoms with van der Waals surface area (Å²) in [5, 5.41) is 43.2. The normalized spacial score (nSPS) is 25.3. The summed E-state index contributed by atoms with van der Waals surface area (Å²) < 4.78 is 0. The Hall–Kier alpha value is -4.14. The quantitative estimate of drug-likeness (QED) is 0.146. The van der Waals surface area contributed by atoms with Crippen molar-refractivity contribution in [1.82, 2.24) is 10.2 Å². The molecule has 14 nitrogen and oxygen atoms in total. The van der Waals surface area contributed by atoms with Crippen molar-refractivity contribution in [3.63, 3.8) is 0 Å². The molecule has 3 aliphatic carbocycles. The summed E-state index contributed by atoms with van der Waals surface area (Å²) in [6, 6.07) is 0.455. The fourth-order valence-electron chi connectivity index (χ4n) is 6.43. The number of rotatable bonds is 7. The number of likely N-dealkylation sites (N-methyl/N-ethyl adjacent to an activating group) is 1. The van der Waals surface area contributed by atoms with Gasteiger partial charge in [0.15, 0.2) is 17.1 Å². The van der Waals surface area contributed by atoms with Gasteiger partial charge in [-0.15, -0.1) is 4.91 Å². The second-order valence-corrected chi connectivity index (χ2v) is 12.7. The highest BCUT2D eigenvalue weighted by Gasteiger charge is 2.63. The van der Waals surface area contributed by atoms with Gasteiger partial charge in [-0.2, -0.15) is 0 Å². The molecule has 14 heteroatoms. The summed E-state index contributed by atoms with van der Waals surface area (Å²) in [6.45, 7) is 5.58. The zero-order valence-corrected chi connectivity index (χ0v) is 25.2. The molecule has 1 aromatic rings. The van der Waals surface area contributed by atoms with Crippen LogP contribution in [0.2, 0.25) is 0 Å². The van der Waals surface area contributed by atoms with Crippen LogP contribution < -0.4 is 21.3 Å². The van der Waals surface area contributed by atoms with E-state index in [9.17, 15) is 39.4 Å². The number of fused-ring (bicyclic) bond motifs is 3. The number of hydrogen-bond donors (Lipinski definition) is 6. The van der Waals surface area contributed by atoms with Crippen LogP contribution in [0, 0.1) is 16.7 Å². The molecule has 0 aliphatic heterocycles. The van der Waals surface area contributed by atoms with E-state index in [0.717, 1.165) is 0 Å². The number of nitrogens with two attached hydrogens (primary N) is 1. The summed E-state index contributed by atoms with van der Waals surface area (Å²) in [5.41, 5.74) is 1.41. The number of anilines is 2. The number of phenolic OH excluding ortho intramolecular Hbond substituents is 1. The van der Waals surface area contributed by atoms with Gasteiger partial charge in [0.05, 0.1) is 23.8 Å². The Bertz CT molecular complexity index is 1500. The first-order valence-corrected chi connectivity index (χ1v) is 13.8. The van der Waals surface area contributed by atoms with Gasteiger partial charge >= 0.3 is 0 Å². The topological polar surface area (TPSA) is 215 Å². The zero-order chi connectivity index (χ0) is 32.3. The summed E-state index contributed by atoms with van der Waals surface area (Å²) in [5.74, 6) is -7.37. The molecule has 0 heterocycles. The third-order valence-electron chi connectivity index (χ3n) is 8.33. The average Bonchev–Trinajstić information content (AvgIpc) is 2.89. The van der Waals surface area contributed by atoms with Crippen molar-refractivity contribution < 1.29 is 34.5 Å². The molecule has 0 saturated carbocycles. The predicted molar refractivity (Wildman–Crippen MR) is 158 cm³/mol. The second kappa shape index (κ2) is 10.8. The first kappa shape index (κ1) is 31.8. The SMILES string of the molecule is CN(C)c1cc(NC(=O)CNC(C)(C)C)c(O)c2c1C[C@H]1C[C@H]3[C@H](N(C)C)C(N=O)=C(C(N)=O)C(=O)[C@@]3(O)C(O)=C1C2=O. The molecule has 1 aromatic carbocycles. The Morgan fingerprint density at radius 1 is 1.16 bits per heavy atom. The lowest BCUT2D eigenvalue weighted by Crippen LogP contribution is -2.63. The van der Waals surface area contributed by atoms with Gasteiger partial charge in [-0.05, 0) is 70.4 Å². The molecule has 4 atom stereocenters. The number of phenols is 1. The lowest BCUT2D eigenvalue weighted by atomic mass is 9.58. The summed E-state index contributed by atoms with van der Waals surface area (Å²) in [6.07, 6.45) is 0.0593. The number of hydrogen-bond acceptors (Lipinski definition) is 12. The van der Waals surface area contributed by atoms with Crippen molar-refractivity contribution >= 4 is 34.8 Å². The number of carbonyl (C=O) groups excluding carboxylic acids is 4. The zero-order valence-electron chi connectivity index (χ0n) is 25.2. The Morgan fingerprint density at radius 3 is 2.30 bits per heavy atom. The van der Waals surface area contributed by atoms with E-state index < -0.39 is 69.6 Å². The molecule has 0 radical (unpaired) electrons. The number of aliphatic hydroxyl groups excluding tert-OH is 1. The largest absolute Gasteiger partial charge is 0.508 e. The molecule has 7 N–H and O–H groups in total. The van der Waals surface area contributed by atoms with Crippen LogP contribution >= 0.6 is 0 Å². The number of primary amides is 1. The van der Waals surface area contributed by atoms with Gasteiger partial charge in [0.1, 0.15) is 17.0 Å². The van der Waals surface area contributed by atoms with Gasteiger partial charge in [0.2, 0.25) is 11.7 Å². The molecule has 0 unspecified atom stereocenters. The lowest BCUT2D eigenvalue weighted by Gasteiger charge is -2.50. The number of benzene rings is 1. The second-order valence-electron chi connectivity index (χ2n) is 12.7.